The van der Waals surface area contributed by atoms with Crippen molar-refractivity contribution >= 4 is 65.2 Å². The van der Waals surface area contributed by atoms with Gasteiger partial charge in [0.15, 0.2) is 0 Å². The van der Waals surface area contributed by atoms with Crippen LogP contribution in [0.25, 0.3) is 0 Å². The third-order valence-corrected chi connectivity index (χ3v) is 8.50. The predicted molar refractivity (Wildman–Crippen MR) is 90.5 cm³/mol. The zero-order valence-electron chi connectivity index (χ0n) is 11.4. The van der Waals surface area contributed by atoms with Crippen LogP contribution >= 0.6 is 58.0 Å². The number of nitrogens with zero attached hydrogens (tertiary/aromatic N) is 2. The Hall–Kier alpha value is -0.135. The Labute approximate surface area is 147 Å². The highest BCUT2D eigenvalue weighted by Gasteiger charge is 2.23. The van der Waals surface area contributed by atoms with Gasteiger partial charge in [0, 0.05) is 24.3 Å². The van der Waals surface area contributed by atoms with E-state index in [0.717, 1.165) is 11.5 Å². The predicted octanol–water partition coefficient (Wildman–Crippen LogP) is 6.12. The lowest BCUT2D eigenvalue weighted by Gasteiger charge is -1.94. The minimum absolute atomic E-state index is 0.587. The Balaban J connectivity index is 0.000000763. The molecular formula is C10H11BF4N2S5. The summed E-state index contributed by atoms with van der Waals surface area (Å²) in [7, 11) is -6.00. The van der Waals surface area contributed by atoms with Gasteiger partial charge in [0.25, 0.3) is 0 Å². The van der Waals surface area contributed by atoms with Crippen LogP contribution in [0, 0.1) is 22.7 Å². The maximum atomic E-state index is 9.75. The molecule has 1 rings (SSSR count). The molecule has 1 heterocycles. The van der Waals surface area contributed by atoms with Gasteiger partial charge in [-0.1, -0.05) is 35.3 Å². The summed E-state index contributed by atoms with van der Waals surface area (Å²) in [6, 6.07) is 4.33. The van der Waals surface area contributed by atoms with Gasteiger partial charge in [-0.25, -0.2) is 0 Å². The average Bonchev–Trinajstić information content (AvgIpc) is 2.80. The molecule has 0 unspecified atom stereocenters. The second-order valence-electron chi connectivity index (χ2n) is 3.24. The van der Waals surface area contributed by atoms with Gasteiger partial charge in [-0.2, -0.15) is 10.5 Å². The van der Waals surface area contributed by atoms with Gasteiger partial charge >= 0.3 is 10.8 Å². The number of hydrogen-bond acceptors (Lipinski definition) is 6. The van der Waals surface area contributed by atoms with Crippen LogP contribution in [0.1, 0.15) is 12.8 Å². The van der Waals surface area contributed by atoms with Gasteiger partial charge in [0.05, 0.1) is 12.1 Å². The average molecular weight is 406 g/mol. The van der Waals surface area contributed by atoms with Gasteiger partial charge in [-0.3, -0.25) is 0 Å². The fourth-order valence-electron chi connectivity index (χ4n) is 0.894. The molecule has 1 aromatic rings. The molecule has 1 aromatic heterocycles. The van der Waals surface area contributed by atoms with Crippen molar-refractivity contribution in [3.05, 3.63) is 0 Å². The highest BCUT2D eigenvalue weighted by molar-refractivity contribution is 8.07. The van der Waals surface area contributed by atoms with E-state index in [1.54, 1.807) is 58.0 Å². The smallest absolute Gasteiger partial charge is 0.418 e. The van der Waals surface area contributed by atoms with Gasteiger partial charge in [0.2, 0.25) is 8.42 Å². The zero-order chi connectivity index (χ0) is 17.0. The van der Waals surface area contributed by atoms with Crippen LogP contribution in [0.2, 0.25) is 0 Å². The normalized spacial score (nSPS) is 10.3. The van der Waals surface area contributed by atoms with Crippen LogP contribution in [0.3, 0.4) is 0 Å². The molecule has 22 heavy (non-hydrogen) atoms. The second kappa shape index (κ2) is 12.3. The third-order valence-electron chi connectivity index (χ3n) is 1.58. The maximum Gasteiger partial charge on any atom is 0.673 e. The Bertz CT molecular complexity index is 479. The molecule has 2 nitrogen and oxygen atoms in total. The van der Waals surface area contributed by atoms with Gasteiger partial charge in [-0.05, 0) is 6.26 Å². The van der Waals surface area contributed by atoms with Crippen LogP contribution in [0.4, 0.5) is 17.3 Å². The van der Waals surface area contributed by atoms with Crippen LogP contribution in [0.5, 0.6) is 0 Å². The molecule has 0 aromatic carbocycles. The second-order valence-corrected chi connectivity index (χ2v) is 9.60. The molecule has 0 aliphatic carbocycles. The molecule has 12 heteroatoms. The lowest BCUT2D eigenvalue weighted by Crippen LogP contribution is -2.02. The molecule has 0 bridgehead atoms. The maximum absolute atomic E-state index is 9.75. The number of nitriles is 2. The summed E-state index contributed by atoms with van der Waals surface area (Å²) in [5.74, 6) is 1.70. The van der Waals surface area contributed by atoms with Crippen LogP contribution < -0.4 is 0 Å². The van der Waals surface area contributed by atoms with E-state index in [-0.39, 0.29) is 0 Å². The number of hydrogen-bond donors (Lipinski definition) is 0. The molecule has 0 saturated carbocycles. The Morgan fingerprint density at radius 1 is 1.09 bits per heavy atom. The first-order valence-corrected chi connectivity index (χ1v) is 10.5. The van der Waals surface area contributed by atoms with Crippen molar-refractivity contribution in [3.63, 3.8) is 0 Å². The lowest BCUT2D eigenvalue weighted by molar-refractivity contribution is 0.368. The minimum Gasteiger partial charge on any atom is -0.418 e. The van der Waals surface area contributed by atoms with Crippen LogP contribution in [-0.4, -0.2) is 25.0 Å². The molecule has 0 aliphatic heterocycles. The van der Waals surface area contributed by atoms with Crippen molar-refractivity contribution in [2.24, 2.45) is 0 Å². The van der Waals surface area contributed by atoms with E-state index in [1.165, 1.54) is 11.9 Å². The van der Waals surface area contributed by atoms with Gasteiger partial charge in [-0.15, -0.1) is 0 Å². The molecule has 0 atom stereocenters. The van der Waals surface area contributed by atoms with Crippen molar-refractivity contribution in [1.82, 2.24) is 0 Å². The quantitative estimate of drug-likeness (QED) is 0.179. The largest absolute Gasteiger partial charge is 0.673 e. The summed E-state index contributed by atoms with van der Waals surface area (Å²) in [5, 5.41) is 17.1. The van der Waals surface area contributed by atoms with Crippen molar-refractivity contribution < 1.29 is 17.3 Å². The van der Waals surface area contributed by atoms with Crippen LogP contribution in [0.15, 0.2) is 11.9 Å². The lowest BCUT2D eigenvalue weighted by atomic mass is 10.3. The molecule has 0 radical (unpaired) electrons. The molecule has 0 spiro atoms. The minimum atomic E-state index is -6.00. The van der Waals surface area contributed by atoms with E-state index in [4.69, 9.17) is 10.5 Å². The molecule has 0 aliphatic rings. The Morgan fingerprint density at radius 2 is 1.59 bits per heavy atom. The van der Waals surface area contributed by atoms with Crippen molar-refractivity contribution in [2.75, 3.05) is 17.8 Å². The van der Waals surface area contributed by atoms with Gasteiger partial charge < -0.3 is 17.3 Å². The number of rotatable bonds is 7. The first kappa shape index (κ1) is 21.9. The number of halogens is 4. The first-order valence-electron chi connectivity index (χ1n) is 5.69. The highest BCUT2D eigenvalue weighted by Crippen LogP contribution is 2.46. The van der Waals surface area contributed by atoms with E-state index in [2.05, 4.69) is 18.4 Å². The molecule has 122 valence electrons. The van der Waals surface area contributed by atoms with Crippen LogP contribution in [-0.2, 0) is 0 Å². The third kappa shape index (κ3) is 12.4. The Kier molecular flexibility index (Phi) is 12.2. The van der Waals surface area contributed by atoms with E-state index < -0.39 is 7.25 Å². The molecule has 0 saturated heterocycles. The Morgan fingerprint density at radius 3 is 2.05 bits per heavy atom. The zero-order valence-corrected chi connectivity index (χ0v) is 15.4. The summed E-state index contributed by atoms with van der Waals surface area (Å²) in [6.45, 7) is 0. The van der Waals surface area contributed by atoms with E-state index in [1.807, 2.05) is 0 Å². The standard InChI is InChI=1S/C10H11N2S5.BF4/c1-13-10-16-8(14-6-2-4-11)9(17-10)15-7-3-5-12;2-1(3,4)5/h2-3,6-7H2,1H3;/q+1;-1. The molecule has 0 fully saturated rings. The molecule has 0 N–H and O–H groups in total. The summed E-state index contributed by atoms with van der Waals surface area (Å²) >= 11 is 8.87. The summed E-state index contributed by atoms with van der Waals surface area (Å²) in [4.78, 5) is 0. The van der Waals surface area contributed by atoms with E-state index in [0.29, 0.717) is 12.8 Å². The molecular weight excluding hydrogens is 395 g/mol. The molecule has 0 amide bonds. The summed E-state index contributed by atoms with van der Waals surface area (Å²) in [6.07, 6.45) is 3.25. The first-order chi connectivity index (χ1) is 10.3. The highest BCUT2D eigenvalue weighted by atomic mass is 32.2. The van der Waals surface area contributed by atoms with E-state index >= 15 is 0 Å². The topological polar surface area (TPSA) is 47.6 Å². The van der Waals surface area contributed by atoms with E-state index in [9.17, 15) is 17.3 Å². The monoisotopic (exact) mass is 406 g/mol. The SMILES string of the molecule is CSc1sc(SCCC#N)c(SCCC#N)[s+]1.F[B-](F)(F)F. The van der Waals surface area contributed by atoms with Crippen molar-refractivity contribution in [1.29, 1.82) is 10.5 Å². The fourth-order valence-corrected chi connectivity index (χ4v) is 7.50. The fraction of sp³-hybridized carbons (Fsp3) is 0.500. The number of thioether (sulfide) groups is 3. The van der Waals surface area contributed by atoms with Gasteiger partial charge in [0.1, 0.15) is 22.7 Å². The van der Waals surface area contributed by atoms with Crippen molar-refractivity contribution in [2.45, 2.75) is 24.8 Å². The van der Waals surface area contributed by atoms with Crippen molar-refractivity contribution in [3.8, 4) is 12.1 Å². The summed E-state index contributed by atoms with van der Waals surface area (Å²) in [5.41, 5.74) is 0. The summed E-state index contributed by atoms with van der Waals surface area (Å²) < 4.78 is 42.9.